The number of carbonyl (C=O) groups is 6. The first-order chi connectivity index (χ1) is 62.4. The Morgan fingerprint density at radius 3 is 1.07 bits per heavy atom. The first-order valence-corrected chi connectivity index (χ1v) is 40.8. The quantitative estimate of drug-likeness (QED) is 0.0222. The van der Waals surface area contributed by atoms with E-state index in [1.807, 2.05) is 206 Å². The summed E-state index contributed by atoms with van der Waals surface area (Å²) in [5, 5.41) is 95.5. The number of amides is 6. The predicted octanol–water partition coefficient (Wildman–Crippen LogP) is 19.6. The van der Waals surface area contributed by atoms with Crippen LogP contribution in [0.2, 0.25) is 25.1 Å². The van der Waals surface area contributed by atoms with Crippen molar-refractivity contribution in [2.75, 3.05) is 13.7 Å². The van der Waals surface area contributed by atoms with E-state index in [4.69, 9.17) is 62.7 Å². The topological polar surface area (TPSA) is 387 Å². The van der Waals surface area contributed by atoms with Gasteiger partial charge in [0, 0.05) is 73.6 Å². The lowest BCUT2D eigenvalue weighted by Crippen LogP contribution is -2.31. The van der Waals surface area contributed by atoms with E-state index in [-0.39, 0.29) is 100 Å². The summed E-state index contributed by atoms with van der Waals surface area (Å²) in [6.07, 6.45) is 7.41. The van der Waals surface area contributed by atoms with Crippen molar-refractivity contribution in [3.63, 3.8) is 0 Å². The fraction of sp³-hybridized carbons (Fsp3) is 0.0404. The van der Waals surface area contributed by atoms with Crippen LogP contribution in [0.1, 0.15) is 103 Å². The smallest absolute Gasteiger partial charge is 0.271 e. The molecule has 0 aliphatic rings. The van der Waals surface area contributed by atoms with Crippen molar-refractivity contribution >= 4 is 157 Å². The zero-order valence-corrected chi connectivity index (χ0v) is 71.7. The molecule has 0 atom stereocenters. The third kappa shape index (κ3) is 26.3. The van der Waals surface area contributed by atoms with Gasteiger partial charge < -0.3 is 45.8 Å². The van der Waals surface area contributed by atoms with Crippen LogP contribution < -0.4 is 37.2 Å². The van der Waals surface area contributed by atoms with Gasteiger partial charge in [0.25, 0.3) is 29.5 Å². The van der Waals surface area contributed by atoms with E-state index in [2.05, 4.69) is 58.0 Å². The Hall–Kier alpha value is -15.9. The Labute approximate surface area is 763 Å². The number of halogens is 5. The number of hydrogen-bond acceptors (Lipinski definition) is 19. The van der Waals surface area contributed by atoms with E-state index in [1.165, 1.54) is 110 Å². The number of nitrogens with zero attached hydrogens (tertiary/aromatic N) is 5. The van der Waals surface area contributed by atoms with Crippen molar-refractivity contribution < 1.29 is 69.2 Å². The van der Waals surface area contributed by atoms with Crippen molar-refractivity contribution in [3.05, 3.63) is 413 Å². The number of benzene rings is 15. The zero-order valence-electron chi connectivity index (χ0n) is 68.0. The molecule has 0 unspecified atom stereocenters. The molecular formula is C99H78Cl5N11O14. The maximum atomic E-state index is 12.8. The van der Waals surface area contributed by atoms with Crippen molar-refractivity contribution in [2.45, 2.75) is 11.8 Å². The minimum absolute atomic E-state index is 0.0689. The molecule has 25 nitrogen and oxygen atoms in total. The Bertz CT molecular complexity index is 6600. The molecule has 648 valence electrons. The molecule has 0 aliphatic heterocycles. The van der Waals surface area contributed by atoms with Crippen LogP contribution in [-0.4, -0.2) is 116 Å². The van der Waals surface area contributed by atoms with Gasteiger partial charge in [-0.05, 0) is 159 Å². The van der Waals surface area contributed by atoms with Crippen LogP contribution in [0.4, 0.5) is 0 Å². The molecule has 0 saturated carbocycles. The first-order valence-electron chi connectivity index (χ1n) is 39.0. The summed E-state index contributed by atoms with van der Waals surface area (Å²) >= 11 is 29.0. The van der Waals surface area contributed by atoms with E-state index in [0.717, 1.165) is 60.5 Å². The van der Waals surface area contributed by atoms with E-state index in [9.17, 15) is 64.5 Å². The molecule has 6 amide bonds. The largest absolute Gasteiger partial charge is 0.507 e. The van der Waals surface area contributed by atoms with Crippen molar-refractivity contribution in [1.82, 2.24) is 32.4 Å². The maximum Gasteiger partial charge on any atom is 0.271 e. The minimum Gasteiger partial charge on any atom is -0.507 e. The molecule has 0 bridgehead atoms. The monoisotopic (exact) mass is 1820 g/mol. The van der Waals surface area contributed by atoms with Crippen LogP contribution in [0.15, 0.2) is 347 Å². The number of hydrogen-bond donors (Lipinski definition) is 13. The second-order valence-electron chi connectivity index (χ2n) is 27.5. The Morgan fingerprint density at radius 1 is 0.326 bits per heavy atom. The molecule has 0 aliphatic carbocycles. The van der Waals surface area contributed by atoms with Crippen LogP contribution in [0.3, 0.4) is 0 Å². The lowest BCUT2D eigenvalue weighted by atomic mass is 9.90. The third-order valence-corrected chi connectivity index (χ3v) is 20.5. The number of methoxy groups -OCH3 is 1. The Morgan fingerprint density at radius 2 is 0.651 bits per heavy atom. The standard InChI is InChI=1S/C23H20ClN3O3.C21H17ClN2O2.C19H15ClN2O3.2C18H13ClN2O3/c24-19-15-18(11-12-20(19)28)22(29)27-26-14-13-25-23(30)21(16-7-3-1-4-8-16)17-9-5-2-6-10-17;22-19-13-17(11-12-20(19)25)21(26)24-23-14-18(15-7-3-1-4-8-15)16-9-5-2-6-10-16;1-25-18-9-7-13(14-4-2-3-5-15(14)18)11-21-22-19(24)12-6-8-17(23)16(20)10-12;19-15-9-12(6-8-17(15)23)18(24)21-20-10-14-13-4-2-1-3-11(13)5-7-16(14)22;19-15-9-12(7-8-16(15)22)18(24)21-20-10-13-6-5-11-3-1-2-4-14(11)17(13)23/h1-12,14-15,21,28H,13H2,(H,25,30)(H,27,29);1-14,18,25H,(H,24,26);2-11,23H,1H3,(H,22,24);2*1-10,22-23H,(H,21,24)/b26-14+;23-14+;21-11+;2*20-10+. The lowest BCUT2D eigenvalue weighted by Gasteiger charge is -2.17. The number of phenols is 7. The molecule has 15 rings (SSSR count). The summed E-state index contributed by atoms with van der Waals surface area (Å²) in [6, 6.07) is 93.1. The number of nitrogens with one attached hydrogen (secondary N) is 6. The van der Waals surface area contributed by atoms with Gasteiger partial charge in [-0.1, -0.05) is 264 Å². The second kappa shape index (κ2) is 46.7. The third-order valence-electron chi connectivity index (χ3n) is 19.0. The summed E-state index contributed by atoms with van der Waals surface area (Å²) in [4.78, 5) is 73.1. The average molecular weight is 1820 g/mol. The molecule has 13 N–H and O–H groups in total. The van der Waals surface area contributed by atoms with E-state index in [1.54, 1.807) is 43.8 Å². The molecule has 129 heavy (non-hydrogen) atoms. The number of phenolic OH excluding ortho intramolecular Hbond substituents is 7. The summed E-state index contributed by atoms with van der Waals surface area (Å²) in [5.41, 5.74) is 19.2. The summed E-state index contributed by atoms with van der Waals surface area (Å²) in [6.45, 7) is 0.144. The number of hydrazone groups is 5. The van der Waals surface area contributed by atoms with E-state index in [0.29, 0.717) is 27.6 Å². The van der Waals surface area contributed by atoms with Gasteiger partial charge in [0.05, 0.1) is 63.3 Å². The molecule has 0 spiro atoms. The second-order valence-corrected chi connectivity index (χ2v) is 29.6. The zero-order chi connectivity index (χ0) is 91.7. The maximum absolute atomic E-state index is 12.8. The average Bonchev–Trinajstić information content (AvgIpc) is 0.814. The first kappa shape index (κ1) is 93.8. The number of aromatic hydroxyl groups is 7. The molecule has 15 aromatic rings. The van der Waals surface area contributed by atoms with Gasteiger partial charge in [0.15, 0.2) is 0 Å². The molecule has 0 radical (unpaired) electrons. The molecule has 0 heterocycles. The highest BCUT2D eigenvalue weighted by Crippen LogP contribution is 2.34. The highest BCUT2D eigenvalue weighted by molar-refractivity contribution is 6.34. The highest BCUT2D eigenvalue weighted by Gasteiger charge is 2.23. The van der Waals surface area contributed by atoms with Gasteiger partial charge in [-0.3, -0.25) is 28.8 Å². The van der Waals surface area contributed by atoms with Crippen LogP contribution in [0.5, 0.6) is 46.0 Å². The number of carbonyl (C=O) groups excluding carboxylic acids is 6. The Balaban J connectivity index is 0.000000156. The molecule has 15 aromatic carbocycles. The fourth-order valence-corrected chi connectivity index (χ4v) is 13.4. The van der Waals surface area contributed by atoms with Gasteiger partial charge in [0.1, 0.15) is 46.0 Å². The van der Waals surface area contributed by atoms with Gasteiger partial charge in [-0.15, -0.1) is 0 Å². The fourth-order valence-electron chi connectivity index (χ4n) is 12.5. The van der Waals surface area contributed by atoms with Gasteiger partial charge in [-0.25, -0.2) is 27.1 Å². The minimum atomic E-state index is -0.481. The van der Waals surface area contributed by atoms with Crippen LogP contribution in [0, 0.1) is 0 Å². The SMILES string of the molecule is COc1ccc(/C=N/NC(=O)c2ccc(O)c(Cl)c2)c2ccccc12.O=C(N/N=C/C(c1ccccc1)c1ccccc1)c1ccc(O)c(Cl)c1.O=C(N/N=C/CNC(=O)C(c1ccccc1)c1ccccc1)c1ccc(O)c(Cl)c1.O=C(N/N=C/c1c(O)ccc2ccccc12)c1ccc(O)c(Cl)c1.O=C(N/N=C/c1ccc2ccccc2c1O)c1ccc(O)c(Cl)c1. The van der Waals surface area contributed by atoms with Gasteiger partial charge >= 0.3 is 0 Å². The highest BCUT2D eigenvalue weighted by atomic mass is 35.5. The predicted molar refractivity (Wildman–Crippen MR) is 507 cm³/mol. The van der Waals surface area contributed by atoms with Crippen molar-refractivity contribution in [3.8, 4) is 46.0 Å². The summed E-state index contributed by atoms with van der Waals surface area (Å²) in [5.74, 6) is -2.47. The molecule has 0 fully saturated rings. The summed E-state index contributed by atoms with van der Waals surface area (Å²) in [7, 11) is 1.62. The number of ether oxygens (including phenoxy) is 1. The molecule has 0 aromatic heterocycles. The van der Waals surface area contributed by atoms with Crippen LogP contribution in [0.25, 0.3) is 32.3 Å². The molecule has 0 saturated heterocycles. The van der Waals surface area contributed by atoms with Gasteiger partial charge in [0.2, 0.25) is 5.91 Å². The van der Waals surface area contributed by atoms with Crippen LogP contribution in [-0.2, 0) is 4.79 Å². The van der Waals surface area contributed by atoms with Crippen molar-refractivity contribution in [1.29, 1.82) is 0 Å². The summed E-state index contributed by atoms with van der Waals surface area (Å²) < 4.78 is 5.36. The normalized spacial score (nSPS) is 11.0. The number of rotatable bonds is 22. The Kier molecular flexibility index (Phi) is 34.0. The van der Waals surface area contributed by atoms with E-state index < -0.39 is 35.5 Å². The number of fused-ring (bicyclic) bond motifs is 3. The molecule has 30 heteroatoms. The van der Waals surface area contributed by atoms with Gasteiger partial charge in [-0.2, -0.15) is 25.5 Å². The van der Waals surface area contributed by atoms with Crippen LogP contribution >= 0.6 is 58.0 Å². The van der Waals surface area contributed by atoms with Crippen molar-refractivity contribution in [2.24, 2.45) is 25.5 Å². The lowest BCUT2D eigenvalue weighted by molar-refractivity contribution is -0.121. The molecular weight excluding hydrogens is 1740 g/mol. The van der Waals surface area contributed by atoms with E-state index >= 15 is 0 Å².